The smallest absolute Gasteiger partial charge is 0.345 e. The summed E-state index contributed by atoms with van der Waals surface area (Å²) >= 11 is 1.72. The number of rotatable bonds is 17. The van der Waals surface area contributed by atoms with Crippen LogP contribution in [0, 0.1) is 0 Å². The minimum atomic E-state index is -3.76. The van der Waals surface area contributed by atoms with Gasteiger partial charge in [-0.25, -0.2) is 0 Å². The van der Waals surface area contributed by atoms with Crippen LogP contribution in [0.1, 0.15) is 36.0 Å². The van der Waals surface area contributed by atoms with Crippen LogP contribution >= 0.6 is 27.0 Å². The van der Waals surface area contributed by atoms with Crippen molar-refractivity contribution in [2.24, 2.45) is 0 Å². The molecule has 0 fully saturated rings. The van der Waals surface area contributed by atoms with E-state index in [-0.39, 0.29) is 12.3 Å². The lowest BCUT2D eigenvalue weighted by Gasteiger charge is -2.35. The summed E-state index contributed by atoms with van der Waals surface area (Å²) in [6.07, 6.45) is 0.816. The van der Waals surface area contributed by atoms with Crippen molar-refractivity contribution in [3.05, 3.63) is 108 Å². The standard InChI is InChI=1S/C30H39NO7P2S/c1-35-39(33,36-2)29(40(34,37-3)38-4)21-14-23-31-28(32)22-24-41-30(25-15-8-5-9-16-25,26-17-10-6-11-18-26)27-19-12-7-13-20-27/h5-13,15-20,29H,14,21-24H2,1-4H3,(H,31,32). The van der Waals surface area contributed by atoms with E-state index < -0.39 is 25.3 Å². The Balaban J connectivity index is 1.69. The molecule has 0 spiro atoms. The Bertz CT molecular complexity index is 1170. The molecule has 0 aliphatic rings. The molecule has 1 N–H and O–H groups in total. The van der Waals surface area contributed by atoms with E-state index in [4.69, 9.17) is 18.1 Å². The molecule has 0 unspecified atom stereocenters. The minimum Gasteiger partial charge on any atom is -0.356 e. The second-order valence-electron chi connectivity index (χ2n) is 9.16. The number of benzene rings is 3. The van der Waals surface area contributed by atoms with E-state index in [1.807, 2.05) is 54.6 Å². The van der Waals surface area contributed by atoms with Crippen molar-refractivity contribution >= 4 is 32.9 Å². The van der Waals surface area contributed by atoms with Crippen molar-refractivity contribution in [3.8, 4) is 0 Å². The molecule has 1 amide bonds. The third kappa shape index (κ3) is 7.99. The predicted octanol–water partition coefficient (Wildman–Crippen LogP) is 7.30. The third-order valence-electron chi connectivity index (χ3n) is 6.90. The van der Waals surface area contributed by atoms with E-state index in [2.05, 4.69) is 41.7 Å². The first-order valence-electron chi connectivity index (χ1n) is 13.3. The van der Waals surface area contributed by atoms with Gasteiger partial charge in [0.1, 0.15) is 0 Å². The molecule has 0 aliphatic carbocycles. The van der Waals surface area contributed by atoms with Gasteiger partial charge >= 0.3 is 15.2 Å². The first kappa shape index (κ1) is 33.3. The largest absolute Gasteiger partial charge is 0.356 e. The van der Waals surface area contributed by atoms with Crippen LogP contribution in [-0.4, -0.2) is 52.0 Å². The van der Waals surface area contributed by atoms with Gasteiger partial charge in [-0.1, -0.05) is 91.0 Å². The maximum atomic E-state index is 13.1. The predicted molar refractivity (Wildman–Crippen MR) is 166 cm³/mol. The number of hydrogen-bond donors (Lipinski definition) is 1. The second kappa shape index (κ2) is 15.9. The Labute approximate surface area is 247 Å². The lowest BCUT2D eigenvalue weighted by Crippen LogP contribution is -2.29. The number of thioether (sulfide) groups is 1. The first-order chi connectivity index (χ1) is 19.8. The van der Waals surface area contributed by atoms with Crippen LogP contribution in [0.2, 0.25) is 0 Å². The highest BCUT2D eigenvalue weighted by Gasteiger charge is 2.48. The highest BCUT2D eigenvalue weighted by molar-refractivity contribution is 8.00. The Morgan fingerprint density at radius 2 is 1.12 bits per heavy atom. The van der Waals surface area contributed by atoms with Gasteiger partial charge in [-0.3, -0.25) is 13.9 Å². The average Bonchev–Trinajstić information content (AvgIpc) is 3.03. The quantitative estimate of drug-likeness (QED) is 0.0955. The molecule has 41 heavy (non-hydrogen) atoms. The maximum Gasteiger partial charge on any atom is 0.345 e. The summed E-state index contributed by atoms with van der Waals surface area (Å²) in [7, 11) is -2.61. The van der Waals surface area contributed by atoms with E-state index in [0.29, 0.717) is 25.1 Å². The fourth-order valence-corrected chi connectivity index (χ4v) is 11.1. The van der Waals surface area contributed by atoms with Crippen LogP contribution in [-0.2, 0) is 36.8 Å². The number of nitrogens with one attached hydrogen (secondary N) is 1. The van der Waals surface area contributed by atoms with Crippen molar-refractivity contribution in [2.75, 3.05) is 40.7 Å². The van der Waals surface area contributed by atoms with Crippen LogP contribution in [0.3, 0.4) is 0 Å². The monoisotopic (exact) mass is 619 g/mol. The van der Waals surface area contributed by atoms with Crippen molar-refractivity contribution in [1.29, 1.82) is 0 Å². The lowest BCUT2D eigenvalue weighted by molar-refractivity contribution is -0.120. The fourth-order valence-electron chi connectivity index (χ4n) is 4.79. The molecule has 0 atom stereocenters. The zero-order valence-electron chi connectivity index (χ0n) is 23.9. The molecule has 0 saturated heterocycles. The lowest BCUT2D eigenvalue weighted by atomic mass is 9.84. The summed E-state index contributed by atoms with van der Waals surface area (Å²) in [4.78, 5) is 12.9. The van der Waals surface area contributed by atoms with Crippen LogP contribution in [0.5, 0.6) is 0 Å². The summed E-state index contributed by atoms with van der Waals surface area (Å²) in [5.74, 6) is 0.457. The molecule has 0 aliphatic heterocycles. The van der Waals surface area contributed by atoms with Crippen LogP contribution in [0.25, 0.3) is 0 Å². The molecular weight excluding hydrogens is 580 g/mol. The molecular formula is C30H39NO7P2S. The number of hydrogen-bond acceptors (Lipinski definition) is 8. The number of carbonyl (C=O) groups excluding carboxylic acids is 1. The molecule has 3 rings (SSSR count). The van der Waals surface area contributed by atoms with Gasteiger partial charge in [0.15, 0.2) is 5.40 Å². The molecule has 3 aromatic carbocycles. The van der Waals surface area contributed by atoms with Gasteiger partial charge in [0, 0.05) is 47.2 Å². The highest BCUT2D eigenvalue weighted by atomic mass is 32.2. The SMILES string of the molecule is COP(=O)(OC)C(CCCNC(=O)CCSC(c1ccccc1)(c1ccccc1)c1ccccc1)P(=O)(OC)OC. The fraction of sp³-hybridized carbons (Fsp3) is 0.367. The molecule has 0 heterocycles. The van der Waals surface area contributed by atoms with E-state index in [1.165, 1.54) is 28.4 Å². The zero-order valence-corrected chi connectivity index (χ0v) is 26.5. The Morgan fingerprint density at radius 1 is 0.732 bits per heavy atom. The summed E-state index contributed by atoms with van der Waals surface area (Å²) in [5, 5.41) is 1.81. The number of amides is 1. The maximum absolute atomic E-state index is 13.1. The van der Waals surface area contributed by atoms with E-state index in [9.17, 15) is 13.9 Å². The summed E-state index contributed by atoms with van der Waals surface area (Å²) in [6.45, 7) is 0.294. The van der Waals surface area contributed by atoms with Gasteiger partial charge < -0.3 is 23.4 Å². The molecule has 3 aromatic rings. The van der Waals surface area contributed by atoms with Crippen molar-refractivity contribution in [2.45, 2.75) is 29.4 Å². The van der Waals surface area contributed by atoms with Gasteiger partial charge in [-0.15, -0.1) is 11.8 Å². The van der Waals surface area contributed by atoms with Gasteiger partial charge in [0.2, 0.25) is 5.91 Å². The van der Waals surface area contributed by atoms with Crippen molar-refractivity contribution < 1.29 is 32.0 Å². The molecule has 0 bridgehead atoms. The summed E-state index contributed by atoms with van der Waals surface area (Å²) < 4.78 is 46.0. The van der Waals surface area contributed by atoms with Crippen molar-refractivity contribution in [3.63, 3.8) is 0 Å². The highest BCUT2D eigenvalue weighted by Crippen LogP contribution is 2.70. The van der Waals surface area contributed by atoms with E-state index in [1.54, 1.807) is 11.8 Å². The zero-order chi connectivity index (χ0) is 29.8. The molecule has 0 aromatic heterocycles. The molecule has 11 heteroatoms. The molecule has 222 valence electrons. The Kier molecular flexibility index (Phi) is 12.9. The summed E-state index contributed by atoms with van der Waals surface area (Å²) in [5.41, 5.74) is 3.40. The minimum absolute atomic E-state index is 0.111. The average molecular weight is 620 g/mol. The van der Waals surface area contributed by atoms with Crippen LogP contribution in [0.15, 0.2) is 91.0 Å². The van der Waals surface area contributed by atoms with Crippen molar-refractivity contribution in [1.82, 2.24) is 5.32 Å². The van der Waals surface area contributed by atoms with Gasteiger partial charge in [-0.05, 0) is 29.5 Å². The Hall–Kier alpha value is -2.22. The molecule has 0 radical (unpaired) electrons. The van der Waals surface area contributed by atoms with Gasteiger partial charge in [-0.2, -0.15) is 0 Å². The Morgan fingerprint density at radius 3 is 1.49 bits per heavy atom. The van der Waals surface area contributed by atoms with Gasteiger partial charge in [0.05, 0.1) is 4.75 Å². The normalized spacial score (nSPS) is 12.4. The second-order valence-corrected chi connectivity index (χ2v) is 15.7. The van der Waals surface area contributed by atoms with Crippen LogP contribution < -0.4 is 5.32 Å². The van der Waals surface area contributed by atoms with Gasteiger partial charge in [0.25, 0.3) is 0 Å². The topological polar surface area (TPSA) is 100 Å². The summed E-state index contributed by atoms with van der Waals surface area (Å²) in [6, 6.07) is 31.0. The molecule has 8 nitrogen and oxygen atoms in total. The van der Waals surface area contributed by atoms with E-state index in [0.717, 1.165) is 16.7 Å². The number of carbonyl (C=O) groups is 1. The molecule has 0 saturated carbocycles. The third-order valence-corrected chi connectivity index (χ3v) is 14.2. The van der Waals surface area contributed by atoms with E-state index >= 15 is 0 Å². The van der Waals surface area contributed by atoms with Crippen LogP contribution in [0.4, 0.5) is 0 Å². The first-order valence-corrected chi connectivity index (χ1v) is 17.5.